The first-order chi connectivity index (χ1) is 12.2. The molecule has 0 saturated heterocycles. The third-order valence-corrected chi connectivity index (χ3v) is 4.37. The fourth-order valence-electron chi connectivity index (χ4n) is 2.28. The topological polar surface area (TPSA) is 72.2 Å². The Kier molecular flexibility index (Phi) is 6.99. The zero-order valence-corrected chi connectivity index (χ0v) is 16.3. The van der Waals surface area contributed by atoms with Crippen molar-refractivity contribution < 1.29 is 35.9 Å². The summed E-state index contributed by atoms with van der Waals surface area (Å²) in [5, 5.41) is 4.72. The summed E-state index contributed by atoms with van der Waals surface area (Å²) in [4.78, 5) is 29.4. The van der Waals surface area contributed by atoms with Crippen molar-refractivity contribution in [3.05, 3.63) is 65.9 Å². The van der Waals surface area contributed by atoms with Crippen molar-refractivity contribution in [2.45, 2.75) is 6.54 Å². The summed E-state index contributed by atoms with van der Waals surface area (Å²) in [7, 11) is 1.30. The van der Waals surface area contributed by atoms with E-state index in [0.717, 1.165) is 10.6 Å². The van der Waals surface area contributed by atoms with Crippen LogP contribution in [0.15, 0.2) is 60.4 Å². The minimum absolute atomic E-state index is 0. The zero-order chi connectivity index (χ0) is 17.6. The van der Waals surface area contributed by atoms with Crippen LogP contribution in [0.3, 0.4) is 0 Å². The third kappa shape index (κ3) is 4.74. The summed E-state index contributed by atoms with van der Waals surface area (Å²) >= 11 is 1.61. The van der Waals surface area contributed by atoms with Crippen molar-refractivity contribution in [3.63, 3.8) is 0 Å². The number of halogens is 1. The van der Waals surface area contributed by atoms with Gasteiger partial charge in [-0.05, 0) is 28.6 Å². The van der Waals surface area contributed by atoms with Crippen LogP contribution in [0.2, 0.25) is 0 Å². The fraction of sp³-hybridized carbons (Fsp3) is 0.111. The number of nitrogens with zero attached hydrogens (tertiary/aromatic N) is 2. The number of hydrogen-bond donors (Lipinski definition) is 1. The number of nitrogens with one attached hydrogen (secondary N) is 1. The van der Waals surface area contributed by atoms with Crippen LogP contribution in [-0.4, -0.2) is 24.0 Å². The molecule has 0 aliphatic carbocycles. The summed E-state index contributed by atoms with van der Waals surface area (Å²) in [6.45, 7) is 0.0905. The molecule has 0 saturated carbocycles. The predicted molar refractivity (Wildman–Crippen MR) is 94.2 cm³/mol. The lowest BCUT2D eigenvalue weighted by molar-refractivity contribution is -0.686. The first-order valence-electron chi connectivity index (χ1n) is 7.53. The molecule has 0 spiro atoms. The van der Waals surface area contributed by atoms with E-state index in [9.17, 15) is 9.59 Å². The summed E-state index contributed by atoms with van der Waals surface area (Å²) in [6.07, 6.45) is 3.41. The number of aromatic nitrogens is 2. The van der Waals surface area contributed by atoms with E-state index < -0.39 is 5.97 Å². The second-order valence-electron chi connectivity index (χ2n) is 5.18. The number of anilines is 1. The number of methoxy groups -OCH3 is 1. The van der Waals surface area contributed by atoms with Crippen LogP contribution < -0.4 is 26.9 Å². The molecular weight excluding hydrogens is 418 g/mol. The Bertz CT molecular complexity index is 883. The number of carbonyl (C=O) groups is 2. The van der Waals surface area contributed by atoms with Gasteiger partial charge in [0.05, 0.1) is 29.4 Å². The van der Waals surface area contributed by atoms with Crippen LogP contribution >= 0.6 is 11.3 Å². The maximum Gasteiger partial charge on any atom is 0.339 e. The van der Waals surface area contributed by atoms with E-state index in [-0.39, 0.29) is 29.4 Å². The van der Waals surface area contributed by atoms with Crippen LogP contribution in [0.4, 0.5) is 5.69 Å². The summed E-state index contributed by atoms with van der Waals surface area (Å²) in [5.74, 6) is -0.752. The lowest BCUT2D eigenvalue weighted by Crippen LogP contribution is -3.00. The van der Waals surface area contributed by atoms with Crippen molar-refractivity contribution >= 4 is 28.9 Å². The van der Waals surface area contributed by atoms with Crippen LogP contribution in [-0.2, 0) is 16.1 Å². The number of thiophene rings is 1. The van der Waals surface area contributed by atoms with Gasteiger partial charge >= 0.3 is 5.97 Å². The quantitative estimate of drug-likeness (QED) is 0.436. The molecule has 2 heterocycles. The second kappa shape index (κ2) is 9.21. The van der Waals surface area contributed by atoms with Gasteiger partial charge in [-0.25, -0.2) is 9.36 Å². The van der Waals surface area contributed by atoms with Crippen LogP contribution in [0, 0.1) is 0 Å². The number of carbonyl (C=O) groups excluding carboxylic acids is 2. The number of benzene rings is 1. The first kappa shape index (κ1) is 19.7. The number of amides is 1. The van der Waals surface area contributed by atoms with E-state index in [1.807, 2.05) is 23.6 Å². The van der Waals surface area contributed by atoms with E-state index in [1.54, 1.807) is 52.7 Å². The van der Waals surface area contributed by atoms with Crippen LogP contribution in [0.5, 0.6) is 0 Å². The minimum atomic E-state index is -0.495. The van der Waals surface area contributed by atoms with Gasteiger partial charge in [-0.3, -0.25) is 4.79 Å². The Hall–Kier alpha value is -2.58. The Morgan fingerprint density at radius 1 is 1.19 bits per heavy atom. The third-order valence-electron chi connectivity index (χ3n) is 3.48. The molecular formula is C18H16BrN3O3S. The normalized spacial score (nSPS) is 9.88. The van der Waals surface area contributed by atoms with Gasteiger partial charge in [0.1, 0.15) is 0 Å². The smallest absolute Gasteiger partial charge is 0.339 e. The van der Waals surface area contributed by atoms with Gasteiger partial charge in [-0.1, -0.05) is 18.2 Å². The molecule has 0 radical (unpaired) electrons. The summed E-state index contributed by atoms with van der Waals surface area (Å²) < 4.78 is 6.39. The lowest BCUT2D eigenvalue weighted by Gasteiger charge is -2.08. The average molecular weight is 434 g/mol. The first-order valence-corrected chi connectivity index (χ1v) is 8.41. The van der Waals surface area contributed by atoms with Gasteiger partial charge in [-0.15, -0.1) is 11.3 Å². The van der Waals surface area contributed by atoms with Crippen LogP contribution in [0.1, 0.15) is 10.4 Å². The molecule has 2 aromatic heterocycles. The molecule has 134 valence electrons. The Morgan fingerprint density at radius 3 is 2.65 bits per heavy atom. The van der Waals surface area contributed by atoms with E-state index in [0.29, 0.717) is 11.3 Å². The van der Waals surface area contributed by atoms with Crippen molar-refractivity contribution in [1.29, 1.82) is 0 Å². The molecule has 6 nitrogen and oxygen atoms in total. The molecule has 0 fully saturated rings. The molecule has 0 aliphatic rings. The molecule has 1 N–H and O–H groups in total. The standard InChI is InChI=1S/C18H15N3O3S.BrH/c1-24-18(23)13-5-2-3-6-14(13)20-17(22)11-21-9-8-15(19-12-21)16-7-4-10-25-16;/h2-10,12H,11H2,1H3;1H. The van der Waals surface area contributed by atoms with Gasteiger partial charge in [0.2, 0.25) is 0 Å². The largest absolute Gasteiger partial charge is 1.00 e. The van der Waals surface area contributed by atoms with Gasteiger partial charge < -0.3 is 27.0 Å². The highest BCUT2D eigenvalue weighted by Crippen LogP contribution is 2.21. The summed E-state index contributed by atoms with van der Waals surface area (Å²) in [6, 6.07) is 12.5. The average Bonchev–Trinajstić information content (AvgIpc) is 3.17. The van der Waals surface area contributed by atoms with Gasteiger partial charge in [0, 0.05) is 6.07 Å². The molecule has 8 heteroatoms. The molecule has 26 heavy (non-hydrogen) atoms. The maximum atomic E-state index is 12.2. The number of rotatable bonds is 5. The number of hydrogen-bond acceptors (Lipinski definition) is 5. The Labute approximate surface area is 165 Å². The van der Waals surface area contributed by atoms with Gasteiger partial charge in [0.15, 0.2) is 12.2 Å². The van der Waals surface area contributed by atoms with E-state index in [2.05, 4.69) is 10.3 Å². The molecule has 0 aliphatic heterocycles. The van der Waals surface area contributed by atoms with Crippen LogP contribution in [0.25, 0.3) is 10.6 Å². The van der Waals surface area contributed by atoms with Crippen molar-refractivity contribution in [2.75, 3.05) is 12.4 Å². The molecule has 1 amide bonds. The highest BCUT2D eigenvalue weighted by atomic mass is 79.9. The molecule has 0 atom stereocenters. The fourth-order valence-corrected chi connectivity index (χ4v) is 2.99. The maximum absolute atomic E-state index is 12.2. The van der Waals surface area contributed by atoms with Gasteiger partial charge in [-0.2, -0.15) is 0 Å². The van der Waals surface area contributed by atoms with Crippen molar-refractivity contribution in [3.8, 4) is 10.6 Å². The number of para-hydroxylation sites is 1. The SMILES string of the molecule is COC(=O)c1ccccc1NC(=O)C[n+]1ccc(-c2cccs2)nc1.[Br-]. The monoisotopic (exact) mass is 433 g/mol. The molecule has 0 unspecified atom stereocenters. The number of ether oxygens (including phenoxy) is 1. The summed E-state index contributed by atoms with van der Waals surface area (Å²) in [5.41, 5.74) is 1.60. The minimum Gasteiger partial charge on any atom is -1.00 e. The molecule has 0 bridgehead atoms. The highest BCUT2D eigenvalue weighted by Gasteiger charge is 2.15. The van der Waals surface area contributed by atoms with E-state index in [1.165, 1.54) is 7.11 Å². The van der Waals surface area contributed by atoms with Gasteiger partial charge in [0.25, 0.3) is 12.2 Å². The Morgan fingerprint density at radius 2 is 2.00 bits per heavy atom. The Balaban J connectivity index is 0.00000243. The predicted octanol–water partition coefficient (Wildman–Crippen LogP) is -0.473. The molecule has 3 aromatic rings. The lowest BCUT2D eigenvalue weighted by atomic mass is 10.2. The second-order valence-corrected chi connectivity index (χ2v) is 6.13. The molecule has 3 rings (SSSR count). The molecule has 1 aromatic carbocycles. The van der Waals surface area contributed by atoms with E-state index >= 15 is 0 Å². The number of esters is 1. The van der Waals surface area contributed by atoms with Crippen molar-refractivity contribution in [2.24, 2.45) is 0 Å². The highest BCUT2D eigenvalue weighted by molar-refractivity contribution is 7.13. The van der Waals surface area contributed by atoms with Crippen molar-refractivity contribution in [1.82, 2.24) is 4.98 Å². The van der Waals surface area contributed by atoms with E-state index in [4.69, 9.17) is 4.74 Å². The zero-order valence-electron chi connectivity index (χ0n) is 13.9.